The van der Waals surface area contributed by atoms with Crippen molar-refractivity contribution >= 4 is 70.9 Å². The van der Waals surface area contributed by atoms with E-state index in [4.69, 9.17) is 0 Å². The Bertz CT molecular complexity index is 2540. The normalized spacial score (nSPS) is 11.6. The first-order chi connectivity index (χ1) is 22.3. The van der Waals surface area contributed by atoms with E-state index in [0.29, 0.717) is 0 Å². The fraction of sp³-hybridized carbons (Fsp3) is 0. The minimum absolute atomic E-state index is 1.12. The molecule has 1 nitrogen and oxygen atoms in total. The first kappa shape index (κ1) is 25.6. The molecule has 210 valence electrons. The molecule has 0 radical (unpaired) electrons. The number of fused-ring (bicyclic) bond motifs is 7. The summed E-state index contributed by atoms with van der Waals surface area (Å²) in [7, 11) is 0. The van der Waals surface area contributed by atoms with Crippen LogP contribution in [0.4, 0.5) is 17.1 Å². The second kappa shape index (κ2) is 10.4. The monoisotopic (exact) mass is 571 g/mol. The summed E-state index contributed by atoms with van der Waals surface area (Å²) in [4.78, 5) is 2.41. The molecule has 9 aromatic rings. The van der Waals surface area contributed by atoms with Crippen LogP contribution in [0.2, 0.25) is 0 Å². The van der Waals surface area contributed by atoms with Crippen molar-refractivity contribution < 1.29 is 0 Å². The molecule has 0 aliphatic heterocycles. The van der Waals surface area contributed by atoms with Gasteiger partial charge in [0.25, 0.3) is 0 Å². The first-order valence-electron chi connectivity index (χ1n) is 15.5. The van der Waals surface area contributed by atoms with Crippen LogP contribution in [0, 0.1) is 0 Å². The highest BCUT2D eigenvalue weighted by molar-refractivity contribution is 6.14. The Labute approximate surface area is 262 Å². The zero-order valence-electron chi connectivity index (χ0n) is 24.7. The molecule has 0 N–H and O–H groups in total. The Morgan fingerprint density at radius 3 is 1.56 bits per heavy atom. The summed E-state index contributed by atoms with van der Waals surface area (Å²) in [5.74, 6) is 0. The van der Waals surface area contributed by atoms with Gasteiger partial charge in [-0.1, -0.05) is 140 Å². The number of rotatable bonds is 4. The third-order valence-electron chi connectivity index (χ3n) is 9.20. The van der Waals surface area contributed by atoms with Crippen molar-refractivity contribution in [2.75, 3.05) is 4.90 Å². The lowest BCUT2D eigenvalue weighted by molar-refractivity contribution is 1.30. The van der Waals surface area contributed by atoms with Crippen molar-refractivity contribution in [3.63, 3.8) is 0 Å². The molecule has 0 atom stereocenters. The lowest BCUT2D eigenvalue weighted by Crippen LogP contribution is -2.10. The summed E-state index contributed by atoms with van der Waals surface area (Å²) < 4.78 is 0. The van der Waals surface area contributed by atoms with Crippen molar-refractivity contribution in [1.82, 2.24) is 0 Å². The molecule has 9 rings (SSSR count). The van der Waals surface area contributed by atoms with E-state index in [0.717, 1.165) is 17.1 Å². The van der Waals surface area contributed by atoms with Gasteiger partial charge in [0.2, 0.25) is 0 Å². The van der Waals surface area contributed by atoms with Crippen LogP contribution in [0.3, 0.4) is 0 Å². The Balaban J connectivity index is 1.25. The average molecular weight is 572 g/mol. The highest BCUT2D eigenvalue weighted by Gasteiger charge is 2.17. The van der Waals surface area contributed by atoms with E-state index in [1.807, 2.05) is 0 Å². The fourth-order valence-corrected chi connectivity index (χ4v) is 7.04. The van der Waals surface area contributed by atoms with Crippen molar-refractivity contribution in [2.45, 2.75) is 0 Å². The largest absolute Gasteiger partial charge is 0.310 e. The molecule has 9 aromatic carbocycles. The van der Waals surface area contributed by atoms with Crippen molar-refractivity contribution in [3.05, 3.63) is 176 Å². The molecule has 0 spiro atoms. The third kappa shape index (κ3) is 4.24. The Kier molecular flexibility index (Phi) is 5.89. The minimum Gasteiger partial charge on any atom is -0.310 e. The van der Waals surface area contributed by atoms with E-state index in [9.17, 15) is 0 Å². The summed E-state index contributed by atoms with van der Waals surface area (Å²) in [6.45, 7) is 0. The molecule has 0 unspecified atom stereocenters. The predicted octanol–water partition coefficient (Wildman–Crippen LogP) is 12.6. The SMILES string of the molecule is c1ccc2c(N(c3ccc(-c4cc5ccccc5c5ccccc45)cc3)c3ccc4ccc5ccccc5c4c3)cccc2c1. The van der Waals surface area contributed by atoms with Crippen LogP contribution in [0.1, 0.15) is 0 Å². The highest BCUT2D eigenvalue weighted by Crippen LogP contribution is 2.42. The first-order valence-corrected chi connectivity index (χ1v) is 15.5. The molecule has 0 amide bonds. The predicted molar refractivity (Wildman–Crippen MR) is 194 cm³/mol. The molecular weight excluding hydrogens is 542 g/mol. The van der Waals surface area contributed by atoms with Crippen LogP contribution < -0.4 is 4.90 Å². The van der Waals surface area contributed by atoms with Gasteiger partial charge < -0.3 is 4.90 Å². The maximum Gasteiger partial charge on any atom is 0.0540 e. The minimum atomic E-state index is 1.12. The van der Waals surface area contributed by atoms with Crippen LogP contribution in [0.5, 0.6) is 0 Å². The van der Waals surface area contributed by atoms with E-state index in [-0.39, 0.29) is 0 Å². The van der Waals surface area contributed by atoms with Gasteiger partial charge in [-0.3, -0.25) is 0 Å². The molecule has 0 fully saturated rings. The van der Waals surface area contributed by atoms with Gasteiger partial charge in [0.15, 0.2) is 0 Å². The van der Waals surface area contributed by atoms with Gasteiger partial charge in [0, 0.05) is 16.8 Å². The number of hydrogen-bond acceptors (Lipinski definition) is 1. The smallest absolute Gasteiger partial charge is 0.0540 e. The van der Waals surface area contributed by atoms with Crippen LogP contribution in [0.15, 0.2) is 176 Å². The second-order valence-electron chi connectivity index (χ2n) is 11.8. The number of benzene rings is 9. The van der Waals surface area contributed by atoms with Crippen molar-refractivity contribution in [1.29, 1.82) is 0 Å². The standard InChI is InChI=1S/C44H29N/c1-4-14-37-31(11-1)20-21-32-24-27-36(29-43(32)37)45(44-19-9-13-30-10-2-6-16-39(30)44)35-25-22-33(23-26-35)42-28-34-12-3-5-15-38(34)40-17-7-8-18-41(40)42/h1-29H. The summed E-state index contributed by atoms with van der Waals surface area (Å²) in [6, 6.07) is 64.1. The van der Waals surface area contributed by atoms with E-state index >= 15 is 0 Å². The van der Waals surface area contributed by atoms with E-state index in [2.05, 4.69) is 181 Å². The van der Waals surface area contributed by atoms with Gasteiger partial charge in [-0.15, -0.1) is 0 Å². The number of nitrogens with zero attached hydrogens (tertiary/aromatic N) is 1. The Morgan fingerprint density at radius 2 is 0.800 bits per heavy atom. The van der Waals surface area contributed by atoms with Crippen LogP contribution in [0.25, 0.3) is 65.0 Å². The van der Waals surface area contributed by atoms with Crippen LogP contribution >= 0.6 is 0 Å². The van der Waals surface area contributed by atoms with Crippen LogP contribution in [-0.2, 0) is 0 Å². The van der Waals surface area contributed by atoms with Gasteiger partial charge in [-0.25, -0.2) is 0 Å². The Morgan fingerprint density at radius 1 is 0.289 bits per heavy atom. The molecule has 1 heteroatoms. The van der Waals surface area contributed by atoms with E-state index in [1.165, 1.54) is 65.0 Å². The summed E-state index contributed by atoms with van der Waals surface area (Å²) in [6.07, 6.45) is 0. The van der Waals surface area contributed by atoms with Gasteiger partial charge in [-0.2, -0.15) is 0 Å². The second-order valence-corrected chi connectivity index (χ2v) is 11.8. The maximum absolute atomic E-state index is 2.41. The molecule has 0 saturated carbocycles. The molecule has 45 heavy (non-hydrogen) atoms. The zero-order valence-corrected chi connectivity index (χ0v) is 24.7. The Hall–Kier alpha value is -5.92. The lowest BCUT2D eigenvalue weighted by atomic mass is 9.93. The molecule has 0 aliphatic carbocycles. The summed E-state index contributed by atoms with van der Waals surface area (Å²) >= 11 is 0. The van der Waals surface area contributed by atoms with Crippen molar-refractivity contribution in [3.8, 4) is 11.1 Å². The quantitative estimate of drug-likeness (QED) is 0.190. The zero-order chi connectivity index (χ0) is 29.7. The summed E-state index contributed by atoms with van der Waals surface area (Å²) in [5, 5.41) is 12.6. The lowest BCUT2D eigenvalue weighted by Gasteiger charge is -2.27. The number of hydrogen-bond donors (Lipinski definition) is 0. The topological polar surface area (TPSA) is 3.24 Å². The average Bonchev–Trinajstić information content (AvgIpc) is 3.12. The van der Waals surface area contributed by atoms with Gasteiger partial charge >= 0.3 is 0 Å². The molecule has 0 aromatic heterocycles. The van der Waals surface area contributed by atoms with Gasteiger partial charge in [-0.05, 0) is 96.0 Å². The number of anilines is 3. The maximum atomic E-state index is 2.41. The van der Waals surface area contributed by atoms with E-state index in [1.54, 1.807) is 0 Å². The highest BCUT2D eigenvalue weighted by atomic mass is 15.1. The molecule has 0 saturated heterocycles. The fourth-order valence-electron chi connectivity index (χ4n) is 7.04. The molecular formula is C44H29N. The summed E-state index contributed by atoms with van der Waals surface area (Å²) in [5.41, 5.74) is 5.89. The molecule has 0 heterocycles. The third-order valence-corrected chi connectivity index (χ3v) is 9.20. The van der Waals surface area contributed by atoms with Crippen molar-refractivity contribution in [2.24, 2.45) is 0 Å². The van der Waals surface area contributed by atoms with E-state index < -0.39 is 0 Å². The molecule has 0 bridgehead atoms. The van der Waals surface area contributed by atoms with Gasteiger partial charge in [0.1, 0.15) is 0 Å². The molecule has 0 aliphatic rings. The van der Waals surface area contributed by atoms with Crippen LogP contribution in [-0.4, -0.2) is 0 Å². The van der Waals surface area contributed by atoms with Gasteiger partial charge in [0.05, 0.1) is 5.69 Å².